The Morgan fingerprint density at radius 1 is 0.398 bits per heavy atom. The highest BCUT2D eigenvalue weighted by atomic mass is 79.9. The first kappa shape index (κ1) is 69.4. The molecule has 93 heavy (non-hydrogen) atoms. The summed E-state index contributed by atoms with van der Waals surface area (Å²) in [5, 5.41) is 89.1. The van der Waals surface area contributed by atoms with Gasteiger partial charge in [0.05, 0.1) is 41.8 Å². The van der Waals surface area contributed by atoms with Gasteiger partial charge in [-0.05, 0) is 124 Å². The molecule has 4 aromatic carbocycles. The molecule has 0 bridgehead atoms. The molecule has 0 unspecified atom stereocenters. The zero-order chi connectivity index (χ0) is 66.2. The topological polar surface area (TPSA) is 350 Å². The normalized spacial score (nSPS) is 10.8. The van der Waals surface area contributed by atoms with Gasteiger partial charge in [-0.25, -0.2) is 18.7 Å². The van der Waals surface area contributed by atoms with E-state index >= 15 is 0 Å². The Morgan fingerprint density at radius 2 is 0.688 bits per heavy atom. The zero-order valence-electron chi connectivity index (χ0n) is 49.8. The smallest absolute Gasteiger partial charge is 0.325 e. The van der Waals surface area contributed by atoms with Crippen molar-refractivity contribution in [2.45, 2.75) is 89.0 Å². The first-order valence-electron chi connectivity index (χ1n) is 27.2. The zero-order valence-corrected chi connectivity index (χ0v) is 56.1. The molecule has 0 aliphatic heterocycles. The van der Waals surface area contributed by atoms with E-state index in [4.69, 9.17) is 52.5 Å². The second kappa shape index (κ2) is 30.3. The number of aryl methyl sites for hydroxylation is 8. The van der Waals surface area contributed by atoms with E-state index in [2.05, 4.69) is 93.0 Å². The predicted octanol–water partition coefficient (Wildman–Crippen LogP) is 13.6. The van der Waals surface area contributed by atoms with Crippen LogP contribution in [-0.2, 0) is 45.4 Å². The highest BCUT2D eigenvalue weighted by molar-refractivity contribution is 9.11. The second-order valence-electron chi connectivity index (χ2n) is 20.3. The van der Waals surface area contributed by atoms with Gasteiger partial charge in [0.1, 0.15) is 59.0 Å². The van der Waals surface area contributed by atoms with E-state index in [1.165, 1.54) is 41.4 Å². The van der Waals surface area contributed by atoms with Crippen LogP contribution in [-0.4, -0.2) is 124 Å². The molecular formula is C61H56Br2Cl2N16O10S2. The van der Waals surface area contributed by atoms with Crippen molar-refractivity contribution in [1.29, 1.82) is 0 Å². The van der Waals surface area contributed by atoms with Crippen LogP contribution in [0.25, 0.3) is 88.6 Å². The van der Waals surface area contributed by atoms with E-state index in [9.17, 15) is 19.2 Å². The van der Waals surface area contributed by atoms with Gasteiger partial charge < -0.3 is 29.3 Å². The number of benzene rings is 4. The minimum Gasteiger partial charge on any atom is -0.480 e. The molecule has 0 atom stereocenters. The van der Waals surface area contributed by atoms with Gasteiger partial charge in [-0.2, -0.15) is 20.4 Å². The van der Waals surface area contributed by atoms with Gasteiger partial charge in [-0.3, -0.25) is 19.2 Å². The molecule has 4 N–H and O–H groups in total. The van der Waals surface area contributed by atoms with Crippen molar-refractivity contribution >= 4 is 102 Å². The third-order valence-corrected chi connectivity index (χ3v) is 17.7. The number of carboxylic acids is 4. The molecule has 32 heteroatoms. The van der Waals surface area contributed by atoms with Gasteiger partial charge in [0.15, 0.2) is 10.0 Å². The molecular weight excluding hydrogens is 1410 g/mol. The van der Waals surface area contributed by atoms with Gasteiger partial charge in [-0.1, -0.05) is 136 Å². The van der Waals surface area contributed by atoms with Crippen molar-refractivity contribution < 1.29 is 48.4 Å². The van der Waals surface area contributed by atoms with Crippen LogP contribution in [0.15, 0.2) is 115 Å². The number of rotatable bonds is 16. The van der Waals surface area contributed by atoms with Gasteiger partial charge >= 0.3 is 23.9 Å². The third-order valence-electron chi connectivity index (χ3n) is 12.9. The summed E-state index contributed by atoms with van der Waals surface area (Å²) in [5.41, 5.74) is 12.3. The molecule has 0 aliphatic carbocycles. The summed E-state index contributed by atoms with van der Waals surface area (Å²) in [4.78, 5) is 44.0. The number of aliphatic carboxylic acids is 4. The van der Waals surface area contributed by atoms with Gasteiger partial charge in [-0.15, -0.1) is 40.8 Å². The maximum Gasteiger partial charge on any atom is 0.325 e. The second-order valence-corrected chi connectivity index (χ2v) is 24.6. The number of halogens is 4. The van der Waals surface area contributed by atoms with Gasteiger partial charge in [0.25, 0.3) is 11.8 Å². The number of nitrogens with zero attached hydrogens (tertiary/aromatic N) is 16. The van der Waals surface area contributed by atoms with E-state index in [1.54, 1.807) is 20.8 Å². The molecule has 12 rings (SSSR count). The lowest BCUT2D eigenvalue weighted by Crippen LogP contribution is -2.11. The summed E-state index contributed by atoms with van der Waals surface area (Å²) >= 11 is 22.1. The molecule has 8 heterocycles. The summed E-state index contributed by atoms with van der Waals surface area (Å²) in [7, 11) is 0. The van der Waals surface area contributed by atoms with Gasteiger partial charge in [0.2, 0.25) is 11.8 Å². The third kappa shape index (κ3) is 16.8. The fourth-order valence-electron chi connectivity index (χ4n) is 8.88. The molecule has 0 amide bonds. The highest BCUT2D eigenvalue weighted by Gasteiger charge is 2.26. The lowest BCUT2D eigenvalue weighted by molar-refractivity contribution is -0.138. The van der Waals surface area contributed by atoms with Crippen LogP contribution in [0.5, 0.6) is 0 Å². The molecule has 0 saturated carbocycles. The summed E-state index contributed by atoms with van der Waals surface area (Å²) in [6.45, 7) is 13.8. The van der Waals surface area contributed by atoms with E-state index in [-0.39, 0.29) is 45.4 Å². The van der Waals surface area contributed by atoms with Crippen LogP contribution in [0.1, 0.15) is 52.5 Å². The number of carbonyl (C=O) groups is 4. The summed E-state index contributed by atoms with van der Waals surface area (Å²) < 4.78 is 18.1. The Hall–Kier alpha value is -9.46. The molecule has 8 aromatic heterocycles. The summed E-state index contributed by atoms with van der Waals surface area (Å²) in [5.74, 6) is -2.93. The van der Waals surface area contributed by atoms with Crippen LogP contribution < -0.4 is 0 Å². The van der Waals surface area contributed by atoms with E-state index in [0.717, 1.165) is 59.0 Å². The molecule has 0 spiro atoms. The Kier molecular flexibility index (Phi) is 22.6. The van der Waals surface area contributed by atoms with Crippen molar-refractivity contribution in [2.24, 2.45) is 0 Å². The molecule has 0 aliphatic rings. The van der Waals surface area contributed by atoms with Crippen molar-refractivity contribution in [3.8, 4) is 88.6 Å². The first-order valence-corrected chi connectivity index (χ1v) is 31.2. The first-order chi connectivity index (χ1) is 43.8. The maximum atomic E-state index is 11.0. The van der Waals surface area contributed by atoms with Crippen LogP contribution in [0.3, 0.4) is 0 Å². The van der Waals surface area contributed by atoms with Crippen LogP contribution in [0.2, 0.25) is 10.0 Å². The molecule has 0 saturated heterocycles. The monoisotopic (exact) mass is 1460 g/mol. The average Bonchev–Trinajstić information content (AvgIpc) is 1.73. The van der Waals surface area contributed by atoms with E-state index in [1.807, 2.05) is 132 Å². The molecule has 12 aromatic rings. The predicted molar refractivity (Wildman–Crippen MR) is 356 cm³/mol. The van der Waals surface area contributed by atoms with Crippen molar-refractivity contribution in [3.05, 3.63) is 161 Å². The molecule has 480 valence electrons. The minimum atomic E-state index is -1.04. The Morgan fingerprint density at radius 3 is 1.09 bits per heavy atom. The average molecular weight is 1470 g/mol. The number of carboxylic acid groups (broad SMARTS) is 4. The van der Waals surface area contributed by atoms with E-state index in [0.29, 0.717) is 81.9 Å². The minimum absolute atomic E-state index is 0. The SMILES string of the molecule is C.Cc1cccc(-c2nnc(-c3c(Br)c(C)nn3CC(=O)O)o2)c1.Cc1cccc(-c2nnc(-c3c(Br)c(C)nn3CC(=O)O)s2)c1.Cc1cccc(-c2nnc(-c3c(Cl)c(C)nn3CC(=O)O)o2)c1.Cc1cccc(-c2nnc(-c3c(Cl)c(C)nn3CC(=O)O)s2)c1. The number of aromatic nitrogens is 16. The Labute approximate surface area is 564 Å². The lowest BCUT2D eigenvalue weighted by atomic mass is 10.1. The maximum absolute atomic E-state index is 11.0. The Bertz CT molecular complexity index is 4140. The standard InChI is InChI=1S/C15H13BrN4O3.C15H13BrN4O2S.C15H13ClN4O3.C15H13ClN4O2S.CH4/c4*1-8-4-3-5-10(6-8)14-17-18-15(23-14)13-12(16)9(2)19-20(13)7-11(21)22;/h4*3-6H,7H2,1-2H3,(H,21,22);1H4. The summed E-state index contributed by atoms with van der Waals surface area (Å²) in [6.07, 6.45) is 0. The van der Waals surface area contributed by atoms with Crippen LogP contribution in [0.4, 0.5) is 0 Å². The molecule has 26 nitrogen and oxygen atoms in total. The fraction of sp³-hybridized carbons (Fsp3) is 0.213. The lowest BCUT2D eigenvalue weighted by Gasteiger charge is -2.01. The van der Waals surface area contributed by atoms with Crippen molar-refractivity contribution in [2.75, 3.05) is 0 Å². The van der Waals surface area contributed by atoms with Crippen molar-refractivity contribution in [1.82, 2.24) is 79.9 Å². The van der Waals surface area contributed by atoms with Crippen LogP contribution >= 0.6 is 77.7 Å². The number of hydrogen-bond donors (Lipinski definition) is 4. The highest BCUT2D eigenvalue weighted by Crippen LogP contribution is 2.39. The quantitative estimate of drug-likeness (QED) is 0.0698. The van der Waals surface area contributed by atoms with Gasteiger partial charge in [0, 0.05) is 22.3 Å². The molecule has 0 fully saturated rings. The Balaban J connectivity index is 0.000000159. The molecule has 0 radical (unpaired) electrons. The van der Waals surface area contributed by atoms with Crippen molar-refractivity contribution in [3.63, 3.8) is 0 Å². The fourth-order valence-corrected chi connectivity index (χ4v) is 12.2. The summed E-state index contributed by atoms with van der Waals surface area (Å²) in [6, 6.07) is 31.3. The van der Waals surface area contributed by atoms with E-state index < -0.39 is 23.9 Å². The largest absolute Gasteiger partial charge is 0.480 e. The number of hydrogen-bond acceptors (Lipinski definition) is 20. The van der Waals surface area contributed by atoms with Crippen LogP contribution in [0, 0.1) is 55.4 Å².